The predicted octanol–water partition coefficient (Wildman–Crippen LogP) is 1.12. The molecule has 11 nitrogen and oxygen atoms in total. The molecule has 0 aromatic carbocycles. The van der Waals surface area contributed by atoms with E-state index in [1.165, 1.54) is 4.90 Å². The van der Waals surface area contributed by atoms with Gasteiger partial charge in [0.1, 0.15) is 0 Å². The lowest BCUT2D eigenvalue weighted by atomic mass is 9.91. The number of nitrogens with zero attached hydrogens (tertiary/aromatic N) is 4. The summed E-state index contributed by atoms with van der Waals surface area (Å²) in [7, 11) is 0. The van der Waals surface area contributed by atoms with Crippen LogP contribution in [0.3, 0.4) is 0 Å². The lowest BCUT2D eigenvalue weighted by molar-refractivity contribution is -0.137. The van der Waals surface area contributed by atoms with E-state index in [0.29, 0.717) is 50.4 Å². The Morgan fingerprint density at radius 2 is 1.87 bits per heavy atom. The number of amides is 4. The number of aryl methyl sites for hydroxylation is 1. The topological polar surface area (TPSA) is 137 Å². The Hall–Kier alpha value is -2.95. The van der Waals surface area contributed by atoms with Gasteiger partial charge in [-0.2, -0.15) is 5.10 Å². The highest BCUT2D eigenvalue weighted by molar-refractivity contribution is 5.94. The monoisotopic (exact) mass is 546 g/mol. The first-order valence-corrected chi connectivity index (χ1v) is 14.4. The Bertz CT molecular complexity index is 1020. The second-order valence-corrected chi connectivity index (χ2v) is 11.4. The van der Waals surface area contributed by atoms with Gasteiger partial charge in [0.05, 0.1) is 6.54 Å². The summed E-state index contributed by atoms with van der Waals surface area (Å²) in [4.78, 5) is 55.3. The number of aromatic nitrogens is 2. The maximum atomic E-state index is 13.3. The van der Waals surface area contributed by atoms with Crippen LogP contribution >= 0.6 is 0 Å². The third-order valence-corrected chi connectivity index (χ3v) is 7.41. The SMILES string of the molecule is CC(C)CCn1nc2c3c1CCC(C3)NC(=O)CN(CCCO)C(=O)CCCN(C(=O)C(C)C)CCNC2=O. The molecule has 3 N–H and O–H groups in total. The van der Waals surface area contributed by atoms with E-state index in [0.717, 1.165) is 30.6 Å². The van der Waals surface area contributed by atoms with Gasteiger partial charge in [0.25, 0.3) is 5.91 Å². The molecular formula is C28H46N6O5. The number of hydrogen-bond donors (Lipinski definition) is 3. The number of carbonyl (C=O) groups excluding carboxylic acids is 4. The van der Waals surface area contributed by atoms with Gasteiger partial charge in [-0.1, -0.05) is 27.7 Å². The molecule has 0 spiro atoms. The minimum atomic E-state index is -0.270. The second kappa shape index (κ2) is 14.4. The normalized spacial score (nSPS) is 19.8. The summed E-state index contributed by atoms with van der Waals surface area (Å²) in [6, 6.07) is -0.163. The maximum Gasteiger partial charge on any atom is 0.272 e. The lowest BCUT2D eigenvalue weighted by Crippen LogP contribution is -2.46. The summed E-state index contributed by atoms with van der Waals surface area (Å²) in [5.41, 5.74) is 2.29. The smallest absolute Gasteiger partial charge is 0.272 e. The fourth-order valence-electron chi connectivity index (χ4n) is 5.22. The second-order valence-electron chi connectivity index (χ2n) is 11.4. The van der Waals surface area contributed by atoms with Crippen molar-refractivity contribution in [3.8, 4) is 0 Å². The summed E-state index contributed by atoms with van der Waals surface area (Å²) in [6.45, 7) is 9.82. The summed E-state index contributed by atoms with van der Waals surface area (Å²) in [5.74, 6) is -0.452. The zero-order valence-electron chi connectivity index (χ0n) is 24.0. The number of fused-ring (bicyclic) bond motifs is 1. The number of carbonyl (C=O) groups is 4. The van der Waals surface area contributed by atoms with E-state index in [4.69, 9.17) is 5.10 Å². The number of aliphatic hydroxyl groups is 1. The molecule has 1 aliphatic carbocycles. The third-order valence-electron chi connectivity index (χ3n) is 7.41. The predicted molar refractivity (Wildman–Crippen MR) is 147 cm³/mol. The van der Waals surface area contributed by atoms with Crippen LogP contribution in [-0.2, 0) is 33.8 Å². The van der Waals surface area contributed by atoms with Gasteiger partial charge in [-0.05, 0) is 44.4 Å². The molecule has 218 valence electrons. The summed E-state index contributed by atoms with van der Waals surface area (Å²) >= 11 is 0. The molecular weight excluding hydrogens is 500 g/mol. The van der Waals surface area contributed by atoms with Crippen molar-refractivity contribution < 1.29 is 24.3 Å². The molecule has 39 heavy (non-hydrogen) atoms. The standard InChI is InChI=1S/C28H46N6O5/c1-19(2)10-14-34-23-9-8-21-17-22(23)26(31-34)27(38)29-11-15-32(28(39)20(3)4)12-5-7-25(37)33(13-6-16-35)18-24(36)30-21/h19-21,35H,5-18H2,1-4H3,(H,29,38)(H,30,36). The van der Waals surface area contributed by atoms with Crippen LogP contribution < -0.4 is 10.6 Å². The molecule has 3 rings (SSSR count). The van der Waals surface area contributed by atoms with Crippen molar-refractivity contribution in [2.75, 3.05) is 39.3 Å². The molecule has 1 atom stereocenters. The summed E-state index contributed by atoms with van der Waals surface area (Å²) in [6.07, 6.45) is 3.88. The largest absolute Gasteiger partial charge is 0.396 e. The first-order valence-electron chi connectivity index (χ1n) is 14.4. The highest BCUT2D eigenvalue weighted by atomic mass is 16.3. The van der Waals surface area contributed by atoms with E-state index in [1.54, 1.807) is 4.90 Å². The van der Waals surface area contributed by atoms with Crippen LogP contribution in [0, 0.1) is 11.8 Å². The van der Waals surface area contributed by atoms with Gasteiger partial charge in [-0.3, -0.25) is 23.9 Å². The van der Waals surface area contributed by atoms with Crippen LogP contribution in [0.4, 0.5) is 0 Å². The van der Waals surface area contributed by atoms with Gasteiger partial charge in [0, 0.05) is 69.0 Å². The Morgan fingerprint density at radius 3 is 2.56 bits per heavy atom. The van der Waals surface area contributed by atoms with Gasteiger partial charge in [0.2, 0.25) is 17.7 Å². The van der Waals surface area contributed by atoms with E-state index in [2.05, 4.69) is 24.5 Å². The van der Waals surface area contributed by atoms with Gasteiger partial charge in [0.15, 0.2) is 5.69 Å². The number of aliphatic hydroxyl groups excluding tert-OH is 1. The van der Waals surface area contributed by atoms with Crippen LogP contribution in [0.15, 0.2) is 0 Å². The summed E-state index contributed by atoms with van der Waals surface area (Å²) in [5, 5.41) is 20.0. The molecule has 2 heterocycles. The molecule has 0 fully saturated rings. The highest BCUT2D eigenvalue weighted by Crippen LogP contribution is 2.26. The quantitative estimate of drug-likeness (QED) is 0.469. The van der Waals surface area contributed by atoms with Crippen molar-refractivity contribution in [1.82, 2.24) is 30.2 Å². The average Bonchev–Trinajstić information content (AvgIpc) is 3.25. The molecule has 4 amide bonds. The van der Waals surface area contributed by atoms with Crippen LogP contribution in [-0.4, -0.2) is 93.7 Å². The maximum absolute atomic E-state index is 13.3. The third kappa shape index (κ3) is 8.52. The molecule has 1 aromatic heterocycles. The summed E-state index contributed by atoms with van der Waals surface area (Å²) < 4.78 is 1.95. The minimum absolute atomic E-state index is 0.0377. The van der Waals surface area contributed by atoms with Crippen molar-refractivity contribution >= 4 is 23.6 Å². The van der Waals surface area contributed by atoms with Gasteiger partial charge in [-0.15, -0.1) is 0 Å². The van der Waals surface area contributed by atoms with Crippen LogP contribution in [0.1, 0.15) is 81.5 Å². The Labute approximate surface area is 231 Å². The van der Waals surface area contributed by atoms with Crippen molar-refractivity contribution in [3.05, 3.63) is 17.0 Å². The fraction of sp³-hybridized carbons (Fsp3) is 0.750. The molecule has 0 saturated heterocycles. The molecule has 1 aromatic rings. The molecule has 2 aliphatic rings. The Morgan fingerprint density at radius 1 is 1.10 bits per heavy atom. The lowest BCUT2D eigenvalue weighted by Gasteiger charge is -2.27. The zero-order chi connectivity index (χ0) is 28.5. The molecule has 2 bridgehead atoms. The first kappa shape index (κ1) is 30.6. The molecule has 0 saturated carbocycles. The van der Waals surface area contributed by atoms with E-state index < -0.39 is 0 Å². The van der Waals surface area contributed by atoms with Crippen LogP contribution in [0.25, 0.3) is 0 Å². The van der Waals surface area contributed by atoms with Crippen molar-refractivity contribution in [2.45, 2.75) is 85.2 Å². The highest BCUT2D eigenvalue weighted by Gasteiger charge is 2.31. The average molecular weight is 547 g/mol. The molecule has 11 heteroatoms. The van der Waals surface area contributed by atoms with E-state index in [1.807, 2.05) is 18.5 Å². The molecule has 1 unspecified atom stereocenters. The van der Waals surface area contributed by atoms with E-state index in [9.17, 15) is 24.3 Å². The minimum Gasteiger partial charge on any atom is -0.396 e. The van der Waals surface area contributed by atoms with Crippen LogP contribution in [0.2, 0.25) is 0 Å². The number of nitrogens with one attached hydrogen (secondary N) is 2. The first-order chi connectivity index (χ1) is 18.6. The van der Waals surface area contributed by atoms with Gasteiger partial charge < -0.3 is 25.5 Å². The molecule has 0 radical (unpaired) electrons. The van der Waals surface area contributed by atoms with Crippen molar-refractivity contribution in [2.24, 2.45) is 11.8 Å². The van der Waals surface area contributed by atoms with Gasteiger partial charge in [-0.25, -0.2) is 0 Å². The van der Waals surface area contributed by atoms with Crippen molar-refractivity contribution in [3.63, 3.8) is 0 Å². The Kier molecular flexibility index (Phi) is 11.3. The number of hydrogen-bond acceptors (Lipinski definition) is 6. The molecule has 1 aliphatic heterocycles. The van der Waals surface area contributed by atoms with Gasteiger partial charge >= 0.3 is 0 Å². The number of rotatable bonds is 7. The van der Waals surface area contributed by atoms with Crippen molar-refractivity contribution in [1.29, 1.82) is 0 Å². The Balaban J connectivity index is 1.88. The fourth-order valence-corrected chi connectivity index (χ4v) is 5.22. The van der Waals surface area contributed by atoms with E-state index in [-0.39, 0.29) is 68.3 Å². The van der Waals surface area contributed by atoms with E-state index >= 15 is 0 Å². The zero-order valence-corrected chi connectivity index (χ0v) is 24.0. The van der Waals surface area contributed by atoms with Crippen LogP contribution in [0.5, 0.6) is 0 Å².